The third kappa shape index (κ3) is 5.55. The molecule has 20 heavy (non-hydrogen) atoms. The van der Waals surface area contributed by atoms with E-state index in [0.717, 1.165) is 0 Å². The maximum Gasteiger partial charge on any atom is 0.137 e. The Hall–Kier alpha value is -1.65. The van der Waals surface area contributed by atoms with Crippen LogP contribution in [0.3, 0.4) is 0 Å². The van der Waals surface area contributed by atoms with E-state index < -0.39 is 11.7 Å². The molecule has 110 valence electrons. The summed E-state index contributed by atoms with van der Waals surface area (Å²) in [6, 6.07) is 8.79. The van der Waals surface area contributed by atoms with E-state index in [1.165, 1.54) is 6.92 Å². The summed E-state index contributed by atoms with van der Waals surface area (Å²) in [6.45, 7) is 1.54. The summed E-state index contributed by atoms with van der Waals surface area (Å²) in [5.74, 6) is 0.427. The monoisotopic (exact) mass is 280 g/mol. The summed E-state index contributed by atoms with van der Waals surface area (Å²) in [6.07, 6.45) is -0.781. The van der Waals surface area contributed by atoms with Crippen LogP contribution in [0.15, 0.2) is 24.3 Å². The van der Waals surface area contributed by atoms with Crippen LogP contribution in [-0.4, -0.2) is 53.3 Å². The predicted molar refractivity (Wildman–Crippen MR) is 73.2 cm³/mol. The molecule has 6 nitrogen and oxygen atoms in total. The van der Waals surface area contributed by atoms with E-state index >= 15 is 0 Å². The summed E-state index contributed by atoms with van der Waals surface area (Å²) < 4.78 is 5.37. The van der Waals surface area contributed by atoms with Gasteiger partial charge in [-0.1, -0.05) is 12.1 Å². The molecule has 0 saturated heterocycles. The molecule has 1 rings (SSSR count). The second kappa shape index (κ2) is 7.82. The molecule has 0 aliphatic carbocycles. The third-order valence-electron chi connectivity index (χ3n) is 2.67. The van der Waals surface area contributed by atoms with E-state index in [1.54, 1.807) is 24.3 Å². The first-order chi connectivity index (χ1) is 9.48. The predicted octanol–water partition coefficient (Wildman–Crippen LogP) is -0.369. The minimum Gasteiger partial charge on any atom is -0.489 e. The van der Waals surface area contributed by atoms with Crippen LogP contribution in [0.25, 0.3) is 0 Å². The Kier molecular flexibility index (Phi) is 6.42. The molecule has 0 fully saturated rings. The Morgan fingerprint density at radius 1 is 1.45 bits per heavy atom. The van der Waals surface area contributed by atoms with Gasteiger partial charge in [0.1, 0.15) is 24.5 Å². The molecule has 0 amide bonds. The highest BCUT2D eigenvalue weighted by Crippen LogP contribution is 2.16. The molecule has 0 radical (unpaired) electrons. The first-order valence-electron chi connectivity index (χ1n) is 6.32. The Bertz CT molecular complexity index is 457. The zero-order valence-corrected chi connectivity index (χ0v) is 11.4. The highest BCUT2D eigenvalue weighted by molar-refractivity contribution is 5.42. The van der Waals surface area contributed by atoms with E-state index in [1.807, 2.05) is 6.07 Å². The number of hydrogen-bond donors (Lipinski definition) is 4. The van der Waals surface area contributed by atoms with Crippen molar-refractivity contribution >= 4 is 0 Å². The molecule has 0 aromatic heterocycles. The third-order valence-corrected chi connectivity index (χ3v) is 2.67. The van der Waals surface area contributed by atoms with Crippen LogP contribution in [-0.2, 0) is 0 Å². The second-order valence-electron chi connectivity index (χ2n) is 4.86. The number of aliphatic hydroxyl groups excluding tert-OH is 2. The van der Waals surface area contributed by atoms with Gasteiger partial charge in [0.2, 0.25) is 0 Å². The number of aliphatic hydroxyl groups is 3. The molecule has 2 unspecified atom stereocenters. The fourth-order valence-electron chi connectivity index (χ4n) is 1.49. The largest absolute Gasteiger partial charge is 0.489 e. The maximum absolute atomic E-state index is 9.73. The van der Waals surface area contributed by atoms with Crippen LogP contribution in [0.4, 0.5) is 0 Å². The van der Waals surface area contributed by atoms with Crippen LogP contribution < -0.4 is 10.1 Å². The van der Waals surface area contributed by atoms with Gasteiger partial charge in [-0.05, 0) is 19.1 Å². The second-order valence-corrected chi connectivity index (χ2v) is 4.86. The average Bonchev–Trinajstić information content (AvgIpc) is 2.45. The molecule has 6 heteroatoms. The van der Waals surface area contributed by atoms with Crippen molar-refractivity contribution in [3.63, 3.8) is 0 Å². The van der Waals surface area contributed by atoms with Crippen LogP contribution >= 0.6 is 0 Å². The number of para-hydroxylation sites is 1. The minimum absolute atomic E-state index is 0.0347. The van der Waals surface area contributed by atoms with Gasteiger partial charge in [0.15, 0.2) is 0 Å². The van der Waals surface area contributed by atoms with Gasteiger partial charge in [-0.15, -0.1) is 0 Å². The SMILES string of the molecule is CC(O)(CO)CNCC(O)COc1ccccc1C#N. The van der Waals surface area contributed by atoms with Gasteiger partial charge in [-0.2, -0.15) is 5.26 Å². The summed E-state index contributed by atoms with van der Waals surface area (Å²) in [7, 11) is 0. The highest BCUT2D eigenvalue weighted by atomic mass is 16.5. The Morgan fingerprint density at radius 2 is 2.15 bits per heavy atom. The quantitative estimate of drug-likeness (QED) is 0.518. The van der Waals surface area contributed by atoms with Crippen LogP contribution in [0.1, 0.15) is 12.5 Å². The van der Waals surface area contributed by atoms with Crippen molar-refractivity contribution in [3.05, 3.63) is 29.8 Å². The van der Waals surface area contributed by atoms with Crippen molar-refractivity contribution in [1.29, 1.82) is 5.26 Å². The molecular formula is C14H20N2O4. The lowest BCUT2D eigenvalue weighted by Gasteiger charge is -2.22. The molecule has 0 aliphatic heterocycles. The van der Waals surface area contributed by atoms with Gasteiger partial charge in [0.05, 0.1) is 17.8 Å². The number of benzene rings is 1. The molecule has 0 aliphatic rings. The highest BCUT2D eigenvalue weighted by Gasteiger charge is 2.18. The van der Waals surface area contributed by atoms with Gasteiger partial charge in [-0.25, -0.2) is 0 Å². The smallest absolute Gasteiger partial charge is 0.137 e. The normalized spacial score (nSPS) is 15.2. The first kappa shape index (κ1) is 16.4. The molecule has 0 bridgehead atoms. The van der Waals surface area contributed by atoms with Crippen LogP contribution in [0.5, 0.6) is 5.75 Å². The maximum atomic E-state index is 9.73. The number of hydrogen-bond acceptors (Lipinski definition) is 6. The molecule has 4 N–H and O–H groups in total. The van der Waals surface area contributed by atoms with Crippen molar-refractivity contribution < 1.29 is 20.1 Å². The van der Waals surface area contributed by atoms with E-state index in [4.69, 9.17) is 15.1 Å². The van der Waals surface area contributed by atoms with Gasteiger partial charge < -0.3 is 25.4 Å². The van der Waals surface area contributed by atoms with Gasteiger partial charge in [0, 0.05) is 13.1 Å². The Morgan fingerprint density at radius 3 is 2.80 bits per heavy atom. The zero-order chi connectivity index (χ0) is 15.0. The van der Waals surface area contributed by atoms with E-state index in [2.05, 4.69) is 5.32 Å². The number of nitrogens with one attached hydrogen (secondary N) is 1. The number of nitrogens with zero attached hydrogens (tertiary/aromatic N) is 1. The minimum atomic E-state index is -1.21. The summed E-state index contributed by atoms with van der Waals surface area (Å²) in [5, 5.41) is 39.9. The van der Waals surface area contributed by atoms with Crippen LogP contribution in [0.2, 0.25) is 0 Å². The lowest BCUT2D eigenvalue weighted by Crippen LogP contribution is -2.44. The van der Waals surface area contributed by atoms with Crippen molar-refractivity contribution in [2.45, 2.75) is 18.6 Å². The zero-order valence-electron chi connectivity index (χ0n) is 11.4. The van der Waals surface area contributed by atoms with Gasteiger partial charge in [0.25, 0.3) is 0 Å². The fraction of sp³-hybridized carbons (Fsp3) is 0.500. The van der Waals surface area contributed by atoms with E-state index in [-0.39, 0.29) is 26.3 Å². The number of rotatable bonds is 8. The van der Waals surface area contributed by atoms with Crippen molar-refractivity contribution in [2.75, 3.05) is 26.3 Å². The van der Waals surface area contributed by atoms with Crippen molar-refractivity contribution in [3.8, 4) is 11.8 Å². The molecule has 0 saturated carbocycles. The summed E-state index contributed by atoms with van der Waals surface area (Å²) in [5.41, 5.74) is -0.801. The lowest BCUT2D eigenvalue weighted by atomic mass is 10.1. The Labute approximate surface area is 118 Å². The first-order valence-corrected chi connectivity index (χ1v) is 6.32. The Balaban J connectivity index is 2.33. The number of nitriles is 1. The van der Waals surface area contributed by atoms with Crippen molar-refractivity contribution in [2.24, 2.45) is 0 Å². The summed E-state index contributed by atoms with van der Waals surface area (Å²) in [4.78, 5) is 0. The molecule has 1 aromatic carbocycles. The fourth-order valence-corrected chi connectivity index (χ4v) is 1.49. The van der Waals surface area contributed by atoms with Crippen LogP contribution in [0, 0.1) is 11.3 Å². The average molecular weight is 280 g/mol. The molecule has 1 aromatic rings. The van der Waals surface area contributed by atoms with Crippen molar-refractivity contribution in [1.82, 2.24) is 5.32 Å². The lowest BCUT2D eigenvalue weighted by molar-refractivity contribution is -0.000327. The molecular weight excluding hydrogens is 260 g/mol. The standard InChI is InChI=1S/C14H20N2O4/c1-14(19,10-17)9-16-7-12(18)8-20-13-5-3-2-4-11(13)6-15/h2-5,12,16-19H,7-10H2,1H3. The van der Waals surface area contributed by atoms with E-state index in [9.17, 15) is 10.2 Å². The van der Waals surface area contributed by atoms with E-state index in [0.29, 0.717) is 11.3 Å². The van der Waals surface area contributed by atoms with Gasteiger partial charge in [-0.3, -0.25) is 0 Å². The molecule has 0 spiro atoms. The molecule has 0 heterocycles. The van der Waals surface area contributed by atoms with Gasteiger partial charge >= 0.3 is 0 Å². The molecule has 2 atom stereocenters. The summed E-state index contributed by atoms with van der Waals surface area (Å²) >= 11 is 0. The topological polar surface area (TPSA) is 106 Å². The number of ether oxygens (including phenoxy) is 1.